The smallest absolute Gasteiger partial charge is 0.387 e. The number of ether oxygens (including phenoxy) is 1. The van der Waals surface area contributed by atoms with E-state index in [0.29, 0.717) is 12.0 Å². The highest BCUT2D eigenvalue weighted by molar-refractivity contribution is 6.05. The van der Waals surface area contributed by atoms with Crippen molar-refractivity contribution in [2.45, 2.75) is 39.7 Å². The Bertz CT molecular complexity index is 1170. The lowest BCUT2D eigenvalue weighted by Crippen LogP contribution is -2.21. The highest BCUT2D eigenvalue weighted by atomic mass is 19.3. The number of hydrogen-bond donors (Lipinski definition) is 2. The molecule has 6 nitrogen and oxygen atoms in total. The second kappa shape index (κ2) is 8.94. The summed E-state index contributed by atoms with van der Waals surface area (Å²) in [4.78, 5) is 25.4. The normalized spacial score (nSPS) is 13.3. The summed E-state index contributed by atoms with van der Waals surface area (Å²) in [5, 5.41) is 20.1. The molecule has 2 aromatic carbocycles. The van der Waals surface area contributed by atoms with Gasteiger partial charge in [0.2, 0.25) is 0 Å². The van der Waals surface area contributed by atoms with E-state index in [2.05, 4.69) is 4.74 Å². The molecule has 2 N–H and O–H groups in total. The van der Waals surface area contributed by atoms with Gasteiger partial charge in [-0.2, -0.15) is 8.78 Å². The van der Waals surface area contributed by atoms with Gasteiger partial charge in [0.1, 0.15) is 5.75 Å². The van der Waals surface area contributed by atoms with E-state index in [1.54, 1.807) is 13.8 Å². The summed E-state index contributed by atoms with van der Waals surface area (Å²) in [6.07, 6.45) is 0.538. The first-order valence-electron chi connectivity index (χ1n) is 9.92. The standard InChI is InChI=1S/C23H22F3NO5/c1-4-11(2)19(22(30)31)20-12(3)27(17-10-16(24)18(28)9-15(17)20)21(29)13-5-7-14(8-6-13)32-23(25)26/h5-11,19,23,28H,4H2,1-3H3,(H,30,31)/t11?,19-/m1/s1. The Kier molecular flexibility index (Phi) is 6.47. The lowest BCUT2D eigenvalue weighted by atomic mass is 9.84. The molecule has 3 rings (SSSR count). The largest absolute Gasteiger partial charge is 0.505 e. The average molecular weight is 449 g/mol. The third kappa shape index (κ3) is 4.15. The number of carboxylic acid groups (broad SMARTS) is 1. The molecule has 1 unspecified atom stereocenters. The summed E-state index contributed by atoms with van der Waals surface area (Å²) in [5.41, 5.74) is 0.793. The van der Waals surface area contributed by atoms with E-state index in [9.17, 15) is 33.0 Å². The number of nitrogens with zero attached hydrogens (tertiary/aromatic N) is 1. The Balaban J connectivity index is 2.23. The summed E-state index contributed by atoms with van der Waals surface area (Å²) in [6.45, 7) is 2.13. The van der Waals surface area contributed by atoms with Crippen LogP contribution in [0.2, 0.25) is 0 Å². The van der Waals surface area contributed by atoms with E-state index in [4.69, 9.17) is 0 Å². The number of alkyl halides is 2. The van der Waals surface area contributed by atoms with Gasteiger partial charge >= 0.3 is 12.6 Å². The van der Waals surface area contributed by atoms with Crippen molar-refractivity contribution in [3.8, 4) is 11.5 Å². The van der Waals surface area contributed by atoms with Gasteiger partial charge < -0.3 is 14.9 Å². The van der Waals surface area contributed by atoms with Crippen molar-refractivity contribution in [3.05, 3.63) is 59.0 Å². The number of aromatic nitrogens is 1. The van der Waals surface area contributed by atoms with Gasteiger partial charge in [0, 0.05) is 22.7 Å². The Hall–Kier alpha value is -3.49. The molecule has 0 bridgehead atoms. The number of halogens is 3. The number of phenols is 1. The predicted molar refractivity (Wildman–Crippen MR) is 111 cm³/mol. The van der Waals surface area contributed by atoms with Crippen molar-refractivity contribution in [2.24, 2.45) is 5.92 Å². The molecule has 1 aromatic heterocycles. The van der Waals surface area contributed by atoms with Crippen molar-refractivity contribution in [1.82, 2.24) is 4.57 Å². The van der Waals surface area contributed by atoms with Crippen molar-refractivity contribution in [1.29, 1.82) is 0 Å². The molecule has 2 atom stereocenters. The average Bonchev–Trinajstić information content (AvgIpc) is 2.99. The fraction of sp³-hybridized carbons (Fsp3) is 0.304. The Labute approximate surface area is 181 Å². The van der Waals surface area contributed by atoms with Crippen LogP contribution in [0.5, 0.6) is 11.5 Å². The van der Waals surface area contributed by atoms with Crippen LogP contribution in [-0.2, 0) is 4.79 Å². The van der Waals surface area contributed by atoms with Gasteiger partial charge in [0.25, 0.3) is 5.91 Å². The zero-order valence-electron chi connectivity index (χ0n) is 17.6. The maximum Gasteiger partial charge on any atom is 0.387 e. The molecule has 9 heteroatoms. The maximum atomic E-state index is 14.2. The van der Waals surface area contributed by atoms with Gasteiger partial charge in [-0.05, 0) is 48.7 Å². The van der Waals surface area contributed by atoms with Gasteiger partial charge in [-0.25, -0.2) is 4.39 Å². The second-order valence-electron chi connectivity index (χ2n) is 7.56. The van der Waals surface area contributed by atoms with E-state index < -0.39 is 36.0 Å². The van der Waals surface area contributed by atoms with E-state index in [-0.39, 0.29) is 33.8 Å². The van der Waals surface area contributed by atoms with Gasteiger partial charge in [0.15, 0.2) is 11.6 Å². The van der Waals surface area contributed by atoms with Crippen LogP contribution in [-0.4, -0.2) is 33.3 Å². The zero-order valence-corrected chi connectivity index (χ0v) is 17.6. The lowest BCUT2D eigenvalue weighted by molar-refractivity contribution is -0.140. The van der Waals surface area contributed by atoms with E-state index in [1.165, 1.54) is 28.8 Å². The highest BCUT2D eigenvalue weighted by Crippen LogP contribution is 2.39. The molecule has 32 heavy (non-hydrogen) atoms. The van der Waals surface area contributed by atoms with Crippen molar-refractivity contribution in [3.63, 3.8) is 0 Å². The first kappa shape index (κ1) is 23.2. The molecule has 1 heterocycles. The number of rotatable bonds is 7. The Morgan fingerprint density at radius 2 is 1.78 bits per heavy atom. The molecule has 0 fully saturated rings. The minimum absolute atomic E-state index is 0.0975. The number of hydrogen-bond acceptors (Lipinski definition) is 4. The SMILES string of the molecule is CCC(C)[C@@H](C(=O)O)c1c(C)n(C(=O)c2ccc(OC(F)F)cc2)c2cc(F)c(O)cc12. The molecule has 0 saturated heterocycles. The maximum absolute atomic E-state index is 14.2. The molecule has 0 aliphatic rings. The van der Waals surface area contributed by atoms with Gasteiger partial charge in [-0.15, -0.1) is 0 Å². The summed E-state index contributed by atoms with van der Waals surface area (Å²) in [7, 11) is 0. The number of carboxylic acids is 1. The predicted octanol–water partition coefficient (Wildman–Crippen LogP) is 5.30. The van der Waals surface area contributed by atoms with E-state index in [1.807, 2.05) is 6.92 Å². The molecule has 0 spiro atoms. The summed E-state index contributed by atoms with van der Waals surface area (Å²) >= 11 is 0. The van der Waals surface area contributed by atoms with Gasteiger partial charge in [-0.3, -0.25) is 14.2 Å². The first-order valence-corrected chi connectivity index (χ1v) is 9.92. The van der Waals surface area contributed by atoms with Crippen LogP contribution in [0, 0.1) is 18.7 Å². The second-order valence-corrected chi connectivity index (χ2v) is 7.56. The molecule has 170 valence electrons. The first-order chi connectivity index (χ1) is 15.1. The summed E-state index contributed by atoms with van der Waals surface area (Å²) in [5.74, 6) is -4.78. The lowest BCUT2D eigenvalue weighted by Gasteiger charge is -2.20. The van der Waals surface area contributed by atoms with Crippen LogP contribution in [0.15, 0.2) is 36.4 Å². The molecule has 0 radical (unpaired) electrons. The Morgan fingerprint density at radius 3 is 2.31 bits per heavy atom. The third-order valence-electron chi connectivity index (χ3n) is 5.64. The quantitative estimate of drug-likeness (QED) is 0.511. The van der Waals surface area contributed by atoms with Crippen LogP contribution in [0.25, 0.3) is 10.9 Å². The number of aromatic hydroxyl groups is 1. The van der Waals surface area contributed by atoms with E-state index in [0.717, 1.165) is 12.1 Å². The number of aliphatic carboxylic acids is 1. The topological polar surface area (TPSA) is 88.8 Å². The number of fused-ring (bicyclic) bond motifs is 1. The van der Waals surface area contributed by atoms with Crippen LogP contribution < -0.4 is 4.74 Å². The van der Waals surface area contributed by atoms with Crippen LogP contribution >= 0.6 is 0 Å². The van der Waals surface area contributed by atoms with Crippen molar-refractivity contribution >= 4 is 22.8 Å². The molecule has 0 saturated carbocycles. The highest BCUT2D eigenvalue weighted by Gasteiger charge is 2.33. The fourth-order valence-electron chi connectivity index (χ4n) is 3.90. The minimum Gasteiger partial charge on any atom is -0.505 e. The molecular formula is C23H22F3NO5. The molecule has 3 aromatic rings. The molecule has 0 aliphatic carbocycles. The summed E-state index contributed by atoms with van der Waals surface area (Å²) in [6, 6.07) is 7.06. The molecule has 0 amide bonds. The number of carbonyl (C=O) groups excluding carboxylic acids is 1. The summed E-state index contributed by atoms with van der Waals surface area (Å²) < 4.78 is 44.4. The monoisotopic (exact) mass is 449 g/mol. The van der Waals surface area contributed by atoms with Crippen molar-refractivity contribution in [2.75, 3.05) is 0 Å². The Morgan fingerprint density at radius 1 is 1.16 bits per heavy atom. The zero-order chi connectivity index (χ0) is 23.7. The number of phenolic OH excluding ortho intramolecular Hbond substituents is 1. The third-order valence-corrected chi connectivity index (χ3v) is 5.64. The molecule has 0 aliphatic heterocycles. The number of carbonyl (C=O) groups is 2. The fourth-order valence-corrected chi connectivity index (χ4v) is 3.90. The van der Waals surface area contributed by atoms with Gasteiger partial charge in [0.05, 0.1) is 11.4 Å². The van der Waals surface area contributed by atoms with E-state index >= 15 is 0 Å². The van der Waals surface area contributed by atoms with Crippen LogP contribution in [0.4, 0.5) is 13.2 Å². The van der Waals surface area contributed by atoms with Crippen molar-refractivity contribution < 1.29 is 37.7 Å². The van der Waals surface area contributed by atoms with Crippen LogP contribution in [0.1, 0.15) is 47.8 Å². The number of benzene rings is 2. The van der Waals surface area contributed by atoms with Crippen LogP contribution in [0.3, 0.4) is 0 Å². The molecular weight excluding hydrogens is 427 g/mol. The van der Waals surface area contributed by atoms with Gasteiger partial charge in [-0.1, -0.05) is 20.3 Å². The minimum atomic E-state index is -3.01.